The van der Waals surface area contributed by atoms with Gasteiger partial charge in [0, 0.05) is 12.7 Å². The van der Waals surface area contributed by atoms with Crippen LogP contribution in [-0.2, 0) is 6.54 Å². The van der Waals surface area contributed by atoms with E-state index >= 15 is 0 Å². The third kappa shape index (κ3) is 5.35. The van der Waals surface area contributed by atoms with Crippen LogP contribution in [0.2, 0.25) is 0 Å². The topological polar surface area (TPSA) is 24.9 Å². The van der Waals surface area contributed by atoms with Crippen LogP contribution >= 0.6 is 24.8 Å². The Kier molecular flexibility index (Phi) is 10.4. The molecule has 4 heteroatoms. The molecule has 1 aromatic heterocycles. The maximum absolute atomic E-state index is 4.15. The fraction of sp³-hybridized carbons (Fsp3) is 0.375. The molecule has 12 heavy (non-hydrogen) atoms. The molecule has 1 aromatic rings. The largest absolute Gasteiger partial charge is 0.311 e. The van der Waals surface area contributed by atoms with Gasteiger partial charge in [-0.2, -0.15) is 0 Å². The molecule has 0 amide bonds. The molecule has 0 spiro atoms. The van der Waals surface area contributed by atoms with Gasteiger partial charge in [-0.1, -0.05) is 13.0 Å². The summed E-state index contributed by atoms with van der Waals surface area (Å²) in [5, 5.41) is 3.20. The van der Waals surface area contributed by atoms with E-state index < -0.39 is 0 Å². The van der Waals surface area contributed by atoms with E-state index in [9.17, 15) is 0 Å². The third-order valence-corrected chi connectivity index (χ3v) is 1.28. The Morgan fingerprint density at radius 1 is 1.33 bits per heavy atom. The highest BCUT2D eigenvalue weighted by Crippen LogP contribution is 1.90. The fourth-order valence-electron chi connectivity index (χ4n) is 0.756. The summed E-state index contributed by atoms with van der Waals surface area (Å²) in [6.07, 6.45) is 1.81. The molecule has 0 saturated heterocycles. The van der Waals surface area contributed by atoms with Crippen molar-refractivity contribution in [3.8, 4) is 0 Å². The summed E-state index contributed by atoms with van der Waals surface area (Å²) < 4.78 is 0. The van der Waals surface area contributed by atoms with E-state index in [2.05, 4.69) is 17.2 Å². The van der Waals surface area contributed by atoms with Crippen LogP contribution in [0.15, 0.2) is 24.4 Å². The van der Waals surface area contributed by atoms with Crippen molar-refractivity contribution in [2.75, 3.05) is 6.54 Å². The van der Waals surface area contributed by atoms with Gasteiger partial charge in [0.1, 0.15) is 0 Å². The number of halogens is 2. The number of rotatable bonds is 3. The lowest BCUT2D eigenvalue weighted by molar-refractivity contribution is 0.711. The Morgan fingerprint density at radius 2 is 2.08 bits per heavy atom. The lowest BCUT2D eigenvalue weighted by Crippen LogP contribution is -2.12. The van der Waals surface area contributed by atoms with Crippen LogP contribution in [0.25, 0.3) is 0 Å². The van der Waals surface area contributed by atoms with Gasteiger partial charge in [-0.25, -0.2) is 0 Å². The Labute approximate surface area is 85.6 Å². The molecule has 0 saturated carbocycles. The molecule has 0 fully saturated rings. The number of aromatic nitrogens is 1. The van der Waals surface area contributed by atoms with Gasteiger partial charge in [-0.15, -0.1) is 24.8 Å². The average molecular weight is 209 g/mol. The first-order valence-electron chi connectivity index (χ1n) is 3.54. The van der Waals surface area contributed by atoms with E-state index in [-0.39, 0.29) is 24.8 Å². The smallest absolute Gasteiger partial charge is 0.0541 e. The Morgan fingerprint density at radius 3 is 2.58 bits per heavy atom. The molecule has 1 N–H and O–H groups in total. The van der Waals surface area contributed by atoms with Crippen LogP contribution in [0.1, 0.15) is 12.6 Å². The minimum Gasteiger partial charge on any atom is -0.311 e. The van der Waals surface area contributed by atoms with E-state index in [0.29, 0.717) is 0 Å². The van der Waals surface area contributed by atoms with Gasteiger partial charge < -0.3 is 5.32 Å². The second-order valence-corrected chi connectivity index (χ2v) is 2.10. The van der Waals surface area contributed by atoms with E-state index in [1.54, 1.807) is 0 Å². The molecule has 0 aromatic carbocycles. The van der Waals surface area contributed by atoms with Crippen LogP contribution in [0.4, 0.5) is 0 Å². The summed E-state index contributed by atoms with van der Waals surface area (Å²) in [6.45, 7) is 3.96. The van der Waals surface area contributed by atoms with Crippen LogP contribution in [0.5, 0.6) is 0 Å². The van der Waals surface area contributed by atoms with E-state index in [4.69, 9.17) is 0 Å². The lowest BCUT2D eigenvalue weighted by atomic mass is 10.3. The first kappa shape index (κ1) is 14.2. The minimum atomic E-state index is 0. The standard InChI is InChI=1S/C8H12N2.2ClH/c1-2-9-7-8-5-3-4-6-10-8;;/h3-6,9H,2,7H2,1H3;2*1H. The quantitative estimate of drug-likeness (QED) is 0.823. The van der Waals surface area contributed by atoms with Gasteiger partial charge in [0.25, 0.3) is 0 Å². The molecule has 0 atom stereocenters. The van der Waals surface area contributed by atoms with Crippen molar-refractivity contribution >= 4 is 24.8 Å². The number of nitrogens with zero attached hydrogens (tertiary/aromatic N) is 1. The Bertz CT molecular complexity index is 180. The zero-order valence-corrected chi connectivity index (χ0v) is 8.62. The minimum absolute atomic E-state index is 0. The fourth-order valence-corrected chi connectivity index (χ4v) is 0.756. The Hall–Kier alpha value is -0.310. The highest BCUT2D eigenvalue weighted by Gasteiger charge is 1.87. The number of nitrogens with one attached hydrogen (secondary N) is 1. The first-order valence-corrected chi connectivity index (χ1v) is 3.54. The van der Waals surface area contributed by atoms with Crippen molar-refractivity contribution in [2.45, 2.75) is 13.5 Å². The van der Waals surface area contributed by atoms with Crippen molar-refractivity contribution in [3.63, 3.8) is 0 Å². The number of hydrogen-bond donors (Lipinski definition) is 1. The Balaban J connectivity index is 0. The van der Waals surface area contributed by atoms with Gasteiger partial charge in [0.05, 0.1) is 5.69 Å². The summed E-state index contributed by atoms with van der Waals surface area (Å²) in [4.78, 5) is 4.15. The van der Waals surface area contributed by atoms with Gasteiger partial charge in [-0.05, 0) is 18.7 Å². The first-order chi connectivity index (χ1) is 4.93. The maximum atomic E-state index is 4.15. The van der Waals surface area contributed by atoms with E-state index in [1.165, 1.54) is 0 Å². The highest BCUT2D eigenvalue weighted by atomic mass is 35.5. The highest BCUT2D eigenvalue weighted by molar-refractivity contribution is 5.85. The molecular formula is C8H14Cl2N2. The van der Waals surface area contributed by atoms with Crippen molar-refractivity contribution in [2.24, 2.45) is 0 Å². The van der Waals surface area contributed by atoms with E-state index in [1.807, 2.05) is 24.4 Å². The summed E-state index contributed by atoms with van der Waals surface area (Å²) in [6, 6.07) is 5.94. The van der Waals surface area contributed by atoms with Gasteiger partial charge in [-0.3, -0.25) is 4.98 Å². The van der Waals surface area contributed by atoms with Crippen LogP contribution in [0.3, 0.4) is 0 Å². The summed E-state index contributed by atoms with van der Waals surface area (Å²) in [5.41, 5.74) is 1.10. The summed E-state index contributed by atoms with van der Waals surface area (Å²) in [7, 11) is 0. The third-order valence-electron chi connectivity index (χ3n) is 1.28. The van der Waals surface area contributed by atoms with Gasteiger partial charge in [0.2, 0.25) is 0 Å². The monoisotopic (exact) mass is 208 g/mol. The zero-order valence-electron chi connectivity index (χ0n) is 6.99. The molecule has 0 aliphatic carbocycles. The van der Waals surface area contributed by atoms with Gasteiger partial charge >= 0.3 is 0 Å². The molecule has 70 valence electrons. The molecule has 2 nitrogen and oxygen atoms in total. The average Bonchev–Trinajstić information content (AvgIpc) is 2.03. The van der Waals surface area contributed by atoms with Gasteiger partial charge in [0.15, 0.2) is 0 Å². The molecule has 0 aliphatic heterocycles. The maximum Gasteiger partial charge on any atom is 0.0541 e. The van der Waals surface area contributed by atoms with E-state index in [0.717, 1.165) is 18.8 Å². The van der Waals surface area contributed by atoms with Crippen molar-refractivity contribution in [1.82, 2.24) is 10.3 Å². The second-order valence-electron chi connectivity index (χ2n) is 2.10. The molecule has 0 unspecified atom stereocenters. The SMILES string of the molecule is CCNCc1ccccn1.Cl.Cl. The van der Waals surface area contributed by atoms with Crippen molar-refractivity contribution < 1.29 is 0 Å². The molecule has 0 radical (unpaired) electrons. The normalized spacial score (nSPS) is 8.08. The molecule has 0 aliphatic rings. The predicted molar refractivity (Wildman–Crippen MR) is 56.1 cm³/mol. The predicted octanol–water partition coefficient (Wildman–Crippen LogP) is 2.03. The van der Waals surface area contributed by atoms with Crippen LogP contribution in [-0.4, -0.2) is 11.5 Å². The summed E-state index contributed by atoms with van der Waals surface area (Å²) >= 11 is 0. The lowest BCUT2D eigenvalue weighted by Gasteiger charge is -1.98. The second kappa shape index (κ2) is 8.78. The van der Waals surface area contributed by atoms with Crippen molar-refractivity contribution in [3.05, 3.63) is 30.1 Å². The van der Waals surface area contributed by atoms with Crippen LogP contribution < -0.4 is 5.32 Å². The summed E-state index contributed by atoms with van der Waals surface area (Å²) in [5.74, 6) is 0. The zero-order chi connectivity index (χ0) is 7.23. The van der Waals surface area contributed by atoms with Crippen molar-refractivity contribution in [1.29, 1.82) is 0 Å². The molecule has 0 bridgehead atoms. The molecular weight excluding hydrogens is 195 g/mol. The van der Waals surface area contributed by atoms with Crippen LogP contribution in [0, 0.1) is 0 Å². The number of hydrogen-bond acceptors (Lipinski definition) is 2. The number of pyridine rings is 1. The molecule has 1 rings (SSSR count). The molecule has 1 heterocycles.